The Morgan fingerprint density at radius 3 is 2.59 bits per heavy atom. The highest BCUT2D eigenvalue weighted by molar-refractivity contribution is 6.42. The van der Waals surface area contributed by atoms with Crippen LogP contribution in [0.25, 0.3) is 0 Å². The Balaban J connectivity index is 1.68. The molecule has 1 unspecified atom stereocenters. The van der Waals surface area contributed by atoms with E-state index >= 15 is 0 Å². The zero-order valence-corrected chi connectivity index (χ0v) is 16.7. The van der Waals surface area contributed by atoms with Crippen molar-refractivity contribution in [1.29, 1.82) is 0 Å². The number of fused-ring (bicyclic) bond motifs is 1. The molecule has 1 atom stereocenters. The van der Waals surface area contributed by atoms with Gasteiger partial charge < -0.3 is 10.0 Å². The summed E-state index contributed by atoms with van der Waals surface area (Å²) in [5.74, 6) is -0.915. The van der Waals surface area contributed by atoms with Gasteiger partial charge in [-0.25, -0.2) is 0 Å². The van der Waals surface area contributed by atoms with Crippen LogP contribution in [-0.2, 0) is 16.9 Å². The normalized spacial score (nSPS) is 18.0. The van der Waals surface area contributed by atoms with E-state index < -0.39 is 11.5 Å². The van der Waals surface area contributed by atoms with Crippen LogP contribution in [0.4, 0.5) is 5.69 Å². The van der Waals surface area contributed by atoms with Gasteiger partial charge in [-0.3, -0.25) is 14.6 Å². The molecule has 4 rings (SSSR count). The summed E-state index contributed by atoms with van der Waals surface area (Å²) in [5.41, 5.74) is 0.117. The minimum Gasteiger partial charge on any atom is -0.375 e. The summed E-state index contributed by atoms with van der Waals surface area (Å²) in [5, 5.41) is 12.1. The van der Waals surface area contributed by atoms with Gasteiger partial charge in [-0.15, -0.1) is 0 Å². The van der Waals surface area contributed by atoms with Crippen molar-refractivity contribution in [3.8, 4) is 0 Å². The first kappa shape index (κ1) is 19.6. The van der Waals surface area contributed by atoms with Crippen LogP contribution in [0.2, 0.25) is 10.0 Å². The standard InChI is InChI=1S/C22H16Cl2N2O3/c23-17-8-7-14(10-18(17)24)13-26-19-6-2-1-5-16(19)22(29,21(26)28)11-20(27)15-4-3-9-25-12-15/h1-10,12,29H,11,13H2. The Hall–Kier alpha value is -2.73. The highest BCUT2D eigenvalue weighted by Crippen LogP contribution is 2.43. The van der Waals surface area contributed by atoms with Crippen molar-refractivity contribution in [3.63, 3.8) is 0 Å². The van der Waals surface area contributed by atoms with Crippen LogP contribution in [0.15, 0.2) is 67.0 Å². The molecule has 146 valence electrons. The number of para-hydroxylation sites is 1. The van der Waals surface area contributed by atoms with E-state index in [2.05, 4.69) is 4.98 Å². The number of nitrogens with zero attached hydrogens (tertiary/aromatic N) is 2. The van der Waals surface area contributed by atoms with Gasteiger partial charge in [0.15, 0.2) is 11.4 Å². The number of hydrogen-bond donors (Lipinski definition) is 1. The molecule has 1 aliphatic rings. The minimum atomic E-state index is -1.94. The lowest BCUT2D eigenvalue weighted by atomic mass is 9.88. The number of aliphatic hydroxyl groups is 1. The molecular weight excluding hydrogens is 411 g/mol. The first-order valence-electron chi connectivity index (χ1n) is 8.91. The van der Waals surface area contributed by atoms with Crippen molar-refractivity contribution in [2.75, 3.05) is 4.90 Å². The second kappa shape index (κ2) is 7.59. The van der Waals surface area contributed by atoms with Crippen molar-refractivity contribution >= 4 is 40.6 Å². The average Bonchev–Trinajstić information content (AvgIpc) is 2.93. The maximum atomic E-state index is 13.3. The van der Waals surface area contributed by atoms with Gasteiger partial charge >= 0.3 is 0 Å². The number of aromatic nitrogens is 1. The molecule has 3 aromatic rings. The summed E-state index contributed by atoms with van der Waals surface area (Å²) in [7, 11) is 0. The molecule has 0 radical (unpaired) electrons. The fraction of sp³-hybridized carbons (Fsp3) is 0.136. The second-order valence-corrected chi connectivity index (χ2v) is 7.67. The first-order chi connectivity index (χ1) is 13.9. The second-order valence-electron chi connectivity index (χ2n) is 6.86. The van der Waals surface area contributed by atoms with E-state index in [1.165, 1.54) is 11.1 Å². The smallest absolute Gasteiger partial charge is 0.264 e. The van der Waals surface area contributed by atoms with E-state index in [0.29, 0.717) is 26.9 Å². The molecule has 0 saturated carbocycles. The molecule has 0 bridgehead atoms. The lowest BCUT2D eigenvalue weighted by molar-refractivity contribution is -0.136. The van der Waals surface area contributed by atoms with Crippen molar-refractivity contribution < 1.29 is 14.7 Å². The third-order valence-corrected chi connectivity index (χ3v) is 5.70. The Labute approximate surface area is 177 Å². The number of ketones is 1. The molecule has 2 heterocycles. The molecule has 1 aromatic heterocycles. The third-order valence-electron chi connectivity index (χ3n) is 4.96. The van der Waals surface area contributed by atoms with Gasteiger partial charge in [0.25, 0.3) is 5.91 Å². The Morgan fingerprint density at radius 1 is 1.07 bits per heavy atom. The monoisotopic (exact) mass is 426 g/mol. The molecule has 29 heavy (non-hydrogen) atoms. The van der Waals surface area contributed by atoms with E-state index in [9.17, 15) is 14.7 Å². The van der Waals surface area contributed by atoms with Gasteiger partial charge in [0.1, 0.15) is 0 Å². The Morgan fingerprint density at radius 2 is 1.86 bits per heavy atom. The highest BCUT2D eigenvalue weighted by atomic mass is 35.5. The maximum absolute atomic E-state index is 13.3. The van der Waals surface area contributed by atoms with Crippen LogP contribution < -0.4 is 4.90 Å². The van der Waals surface area contributed by atoms with Gasteiger partial charge in [-0.2, -0.15) is 0 Å². The quantitative estimate of drug-likeness (QED) is 0.613. The lowest BCUT2D eigenvalue weighted by Crippen LogP contribution is -2.41. The molecule has 1 amide bonds. The summed E-state index contributed by atoms with van der Waals surface area (Å²) in [4.78, 5) is 31.4. The molecule has 5 nitrogen and oxygen atoms in total. The van der Waals surface area contributed by atoms with Crippen molar-refractivity contribution in [2.24, 2.45) is 0 Å². The average molecular weight is 427 g/mol. The summed E-state index contributed by atoms with van der Waals surface area (Å²) in [6.45, 7) is 0.191. The fourth-order valence-corrected chi connectivity index (χ4v) is 3.84. The van der Waals surface area contributed by atoms with Crippen molar-refractivity contribution in [2.45, 2.75) is 18.6 Å². The summed E-state index contributed by atoms with van der Waals surface area (Å²) < 4.78 is 0. The molecular formula is C22H16Cl2N2O3. The highest BCUT2D eigenvalue weighted by Gasteiger charge is 2.50. The number of rotatable bonds is 5. The lowest BCUT2D eigenvalue weighted by Gasteiger charge is -2.23. The number of anilines is 1. The molecule has 1 aliphatic heterocycles. The molecule has 1 N–H and O–H groups in total. The number of carbonyl (C=O) groups excluding carboxylic acids is 2. The zero-order valence-electron chi connectivity index (χ0n) is 15.2. The largest absolute Gasteiger partial charge is 0.375 e. The molecule has 7 heteroatoms. The third kappa shape index (κ3) is 3.53. The van der Waals surface area contributed by atoms with Crippen LogP contribution in [0, 0.1) is 0 Å². The van der Waals surface area contributed by atoms with E-state index in [0.717, 1.165) is 5.56 Å². The topological polar surface area (TPSA) is 70.5 Å². The van der Waals surface area contributed by atoms with E-state index in [1.54, 1.807) is 60.8 Å². The molecule has 0 fully saturated rings. The first-order valence-corrected chi connectivity index (χ1v) is 9.67. The Kier molecular flexibility index (Phi) is 5.13. The predicted octanol–water partition coefficient (Wildman–Crippen LogP) is 4.40. The molecule has 2 aromatic carbocycles. The molecule has 0 aliphatic carbocycles. The summed E-state index contributed by atoms with van der Waals surface area (Å²) in [6, 6.07) is 15.3. The van der Waals surface area contributed by atoms with E-state index in [-0.39, 0.29) is 18.7 Å². The van der Waals surface area contributed by atoms with Crippen LogP contribution in [0.3, 0.4) is 0 Å². The predicted molar refractivity (Wildman–Crippen MR) is 111 cm³/mol. The maximum Gasteiger partial charge on any atom is 0.264 e. The van der Waals surface area contributed by atoms with E-state index in [1.807, 2.05) is 0 Å². The SMILES string of the molecule is O=C(CC1(O)C(=O)N(Cc2ccc(Cl)c(Cl)c2)c2ccccc21)c1cccnc1. The zero-order chi connectivity index (χ0) is 20.6. The number of halogens is 2. The summed E-state index contributed by atoms with van der Waals surface area (Å²) in [6.07, 6.45) is 2.61. The van der Waals surface area contributed by atoms with Gasteiger partial charge in [0, 0.05) is 23.5 Å². The van der Waals surface area contributed by atoms with Gasteiger partial charge in [-0.1, -0.05) is 47.5 Å². The molecule has 0 spiro atoms. The number of amides is 1. The summed E-state index contributed by atoms with van der Waals surface area (Å²) >= 11 is 12.1. The Bertz CT molecular complexity index is 1100. The van der Waals surface area contributed by atoms with Crippen molar-refractivity contribution in [3.05, 3.63) is 93.7 Å². The van der Waals surface area contributed by atoms with Gasteiger partial charge in [0.05, 0.1) is 28.7 Å². The van der Waals surface area contributed by atoms with Crippen molar-refractivity contribution in [1.82, 2.24) is 4.98 Å². The number of Topliss-reactive ketones (excluding diaryl/α,β-unsaturated/α-hetero) is 1. The fourth-order valence-electron chi connectivity index (χ4n) is 3.52. The number of pyridine rings is 1. The van der Waals surface area contributed by atoms with E-state index in [4.69, 9.17) is 23.2 Å². The van der Waals surface area contributed by atoms with Crippen LogP contribution in [-0.4, -0.2) is 21.8 Å². The number of benzene rings is 2. The number of carbonyl (C=O) groups is 2. The molecule has 0 saturated heterocycles. The van der Waals surface area contributed by atoms with Crippen LogP contribution >= 0.6 is 23.2 Å². The number of hydrogen-bond acceptors (Lipinski definition) is 4. The van der Waals surface area contributed by atoms with Gasteiger partial charge in [0.2, 0.25) is 0 Å². The van der Waals surface area contributed by atoms with Crippen LogP contribution in [0.1, 0.15) is 27.9 Å². The minimum absolute atomic E-state index is 0.191. The van der Waals surface area contributed by atoms with Gasteiger partial charge in [-0.05, 0) is 35.9 Å². The van der Waals surface area contributed by atoms with Crippen LogP contribution in [0.5, 0.6) is 0 Å².